The number of para-hydroxylation sites is 1. The van der Waals surface area contributed by atoms with E-state index in [4.69, 9.17) is 4.74 Å². The molecule has 0 spiro atoms. The maximum absolute atomic E-state index is 12.6. The highest BCUT2D eigenvalue weighted by molar-refractivity contribution is 6.08. The van der Waals surface area contributed by atoms with Crippen molar-refractivity contribution in [2.75, 3.05) is 18.6 Å². The molecule has 1 saturated heterocycles. The molecular formula is C16H22N2O3. The summed E-state index contributed by atoms with van der Waals surface area (Å²) in [7, 11) is 1.65. The lowest BCUT2D eigenvalue weighted by Crippen LogP contribution is -2.62. The number of hydrogen-bond donors (Lipinski definition) is 1. The third-order valence-electron chi connectivity index (χ3n) is 3.85. The van der Waals surface area contributed by atoms with Crippen molar-refractivity contribution in [3.8, 4) is 0 Å². The minimum Gasteiger partial charge on any atom is -0.384 e. The molecule has 5 nitrogen and oxygen atoms in total. The minimum absolute atomic E-state index is 0.0468. The van der Waals surface area contributed by atoms with Crippen LogP contribution in [-0.2, 0) is 20.7 Å². The molecule has 1 aliphatic heterocycles. The lowest BCUT2D eigenvalue weighted by atomic mass is 10.0. The summed E-state index contributed by atoms with van der Waals surface area (Å²) in [6, 6.07) is 6.75. The van der Waals surface area contributed by atoms with Crippen LogP contribution in [0.5, 0.6) is 0 Å². The van der Waals surface area contributed by atoms with Crippen molar-refractivity contribution in [1.82, 2.24) is 5.32 Å². The van der Waals surface area contributed by atoms with Gasteiger partial charge in [-0.2, -0.15) is 0 Å². The molecule has 0 bridgehead atoms. The van der Waals surface area contributed by atoms with Crippen LogP contribution >= 0.6 is 0 Å². The standard InChI is InChI=1S/C16H22N2O3/c1-4-13-16(20)18(11(2)15(19)17-13)14-8-6-5-7-12(14)9-10-21-3/h5-8,11,13H,4,9-10H2,1-3H3,(H,17,19). The van der Waals surface area contributed by atoms with Crippen molar-refractivity contribution < 1.29 is 14.3 Å². The number of rotatable bonds is 5. The van der Waals surface area contributed by atoms with Gasteiger partial charge in [0.05, 0.1) is 6.61 Å². The highest BCUT2D eigenvalue weighted by atomic mass is 16.5. The van der Waals surface area contributed by atoms with Crippen LogP contribution in [0.4, 0.5) is 5.69 Å². The zero-order chi connectivity index (χ0) is 15.4. The second kappa shape index (κ2) is 6.72. The van der Waals surface area contributed by atoms with E-state index < -0.39 is 12.1 Å². The summed E-state index contributed by atoms with van der Waals surface area (Å²) in [6.07, 6.45) is 1.30. The summed E-state index contributed by atoms with van der Waals surface area (Å²) in [6.45, 7) is 4.23. The van der Waals surface area contributed by atoms with Crippen molar-refractivity contribution in [3.05, 3.63) is 29.8 Å². The Labute approximate surface area is 125 Å². The molecule has 1 heterocycles. The van der Waals surface area contributed by atoms with E-state index in [1.807, 2.05) is 31.2 Å². The molecule has 114 valence electrons. The van der Waals surface area contributed by atoms with Crippen LogP contribution in [0.1, 0.15) is 25.8 Å². The van der Waals surface area contributed by atoms with Crippen LogP contribution < -0.4 is 10.2 Å². The van der Waals surface area contributed by atoms with Gasteiger partial charge in [0.2, 0.25) is 11.8 Å². The lowest BCUT2D eigenvalue weighted by molar-refractivity contribution is -0.133. The van der Waals surface area contributed by atoms with Gasteiger partial charge in [-0.05, 0) is 31.4 Å². The SMILES string of the molecule is CCC1NC(=O)C(C)N(c2ccccc2CCOC)C1=O. The molecule has 1 aromatic carbocycles. The molecule has 0 saturated carbocycles. The van der Waals surface area contributed by atoms with Gasteiger partial charge in [-0.25, -0.2) is 0 Å². The number of carbonyl (C=O) groups excluding carboxylic acids is 2. The molecule has 0 aliphatic carbocycles. The third-order valence-corrected chi connectivity index (χ3v) is 3.85. The Balaban J connectivity index is 2.38. The fourth-order valence-electron chi connectivity index (χ4n) is 2.60. The van der Waals surface area contributed by atoms with E-state index in [1.54, 1.807) is 18.9 Å². The number of carbonyl (C=O) groups is 2. The molecule has 2 unspecified atom stereocenters. The van der Waals surface area contributed by atoms with Crippen molar-refractivity contribution in [1.29, 1.82) is 0 Å². The predicted octanol–water partition coefficient (Wildman–Crippen LogP) is 1.51. The van der Waals surface area contributed by atoms with Crippen LogP contribution in [0.3, 0.4) is 0 Å². The molecule has 0 radical (unpaired) electrons. The summed E-state index contributed by atoms with van der Waals surface area (Å²) in [5.41, 5.74) is 1.82. The van der Waals surface area contributed by atoms with Crippen LogP contribution in [-0.4, -0.2) is 37.6 Å². The normalized spacial score (nSPS) is 22.3. The Hall–Kier alpha value is -1.88. The molecule has 2 rings (SSSR count). The van der Waals surface area contributed by atoms with Crippen molar-refractivity contribution in [2.45, 2.75) is 38.8 Å². The average molecular weight is 290 g/mol. The van der Waals surface area contributed by atoms with Gasteiger partial charge in [-0.3, -0.25) is 14.5 Å². The fourth-order valence-corrected chi connectivity index (χ4v) is 2.60. The summed E-state index contributed by atoms with van der Waals surface area (Å²) >= 11 is 0. The van der Waals surface area contributed by atoms with E-state index in [-0.39, 0.29) is 11.8 Å². The quantitative estimate of drug-likeness (QED) is 0.894. The molecule has 21 heavy (non-hydrogen) atoms. The summed E-state index contributed by atoms with van der Waals surface area (Å²) < 4.78 is 5.12. The van der Waals surface area contributed by atoms with Gasteiger partial charge < -0.3 is 10.1 Å². The van der Waals surface area contributed by atoms with Gasteiger partial charge in [-0.1, -0.05) is 25.1 Å². The number of nitrogens with zero attached hydrogens (tertiary/aromatic N) is 1. The van der Waals surface area contributed by atoms with E-state index in [0.29, 0.717) is 19.4 Å². The zero-order valence-corrected chi connectivity index (χ0v) is 12.8. The summed E-state index contributed by atoms with van der Waals surface area (Å²) in [5.74, 6) is -0.155. The van der Waals surface area contributed by atoms with Crippen molar-refractivity contribution >= 4 is 17.5 Å². The highest BCUT2D eigenvalue weighted by Crippen LogP contribution is 2.26. The third kappa shape index (κ3) is 3.08. The first-order chi connectivity index (χ1) is 10.1. The molecule has 1 fully saturated rings. The maximum Gasteiger partial charge on any atom is 0.250 e. The molecular weight excluding hydrogens is 268 g/mol. The number of ether oxygens (including phenoxy) is 1. The molecule has 1 aromatic rings. The van der Waals surface area contributed by atoms with Gasteiger partial charge in [0.15, 0.2) is 0 Å². The van der Waals surface area contributed by atoms with Gasteiger partial charge in [0.1, 0.15) is 12.1 Å². The minimum atomic E-state index is -0.496. The largest absolute Gasteiger partial charge is 0.384 e. The average Bonchev–Trinajstić information content (AvgIpc) is 2.50. The lowest BCUT2D eigenvalue weighted by Gasteiger charge is -2.38. The zero-order valence-electron chi connectivity index (χ0n) is 12.8. The number of anilines is 1. The second-order valence-electron chi connectivity index (χ2n) is 5.23. The van der Waals surface area contributed by atoms with Crippen LogP contribution in [0.15, 0.2) is 24.3 Å². The first-order valence-corrected chi connectivity index (χ1v) is 7.30. The van der Waals surface area contributed by atoms with Gasteiger partial charge in [0, 0.05) is 12.8 Å². The smallest absolute Gasteiger partial charge is 0.250 e. The number of hydrogen-bond acceptors (Lipinski definition) is 3. The predicted molar refractivity (Wildman–Crippen MR) is 81.2 cm³/mol. The summed E-state index contributed by atoms with van der Waals surface area (Å²) in [4.78, 5) is 26.3. The Kier molecular flexibility index (Phi) is 4.96. The Morgan fingerprint density at radius 3 is 2.67 bits per heavy atom. The first kappa shape index (κ1) is 15.5. The molecule has 0 aromatic heterocycles. The Bertz CT molecular complexity index is 530. The molecule has 1 N–H and O–H groups in total. The Morgan fingerprint density at radius 2 is 2.00 bits per heavy atom. The number of nitrogens with one attached hydrogen (secondary N) is 1. The van der Waals surface area contributed by atoms with Gasteiger partial charge >= 0.3 is 0 Å². The van der Waals surface area contributed by atoms with Crippen molar-refractivity contribution in [3.63, 3.8) is 0 Å². The van der Waals surface area contributed by atoms with Crippen LogP contribution in [0, 0.1) is 0 Å². The second-order valence-corrected chi connectivity index (χ2v) is 5.23. The van der Waals surface area contributed by atoms with E-state index >= 15 is 0 Å². The van der Waals surface area contributed by atoms with E-state index in [0.717, 1.165) is 11.3 Å². The van der Waals surface area contributed by atoms with Crippen molar-refractivity contribution in [2.24, 2.45) is 0 Å². The van der Waals surface area contributed by atoms with Gasteiger partial charge in [0.25, 0.3) is 0 Å². The van der Waals surface area contributed by atoms with Gasteiger partial charge in [-0.15, -0.1) is 0 Å². The molecule has 5 heteroatoms. The van der Waals surface area contributed by atoms with E-state index in [2.05, 4.69) is 5.32 Å². The van der Waals surface area contributed by atoms with Crippen LogP contribution in [0.25, 0.3) is 0 Å². The van der Waals surface area contributed by atoms with Crippen LogP contribution in [0.2, 0.25) is 0 Å². The fraction of sp³-hybridized carbons (Fsp3) is 0.500. The molecule has 2 atom stereocenters. The Morgan fingerprint density at radius 1 is 1.29 bits per heavy atom. The van der Waals surface area contributed by atoms with E-state index in [1.165, 1.54) is 0 Å². The number of piperazine rings is 1. The monoisotopic (exact) mass is 290 g/mol. The summed E-state index contributed by atoms with van der Waals surface area (Å²) in [5, 5.41) is 2.77. The molecule has 2 amide bonds. The highest BCUT2D eigenvalue weighted by Gasteiger charge is 2.38. The first-order valence-electron chi connectivity index (χ1n) is 7.30. The maximum atomic E-state index is 12.6. The molecule has 1 aliphatic rings. The number of benzene rings is 1. The number of methoxy groups -OCH3 is 1. The number of amides is 2. The topological polar surface area (TPSA) is 58.6 Å². The van der Waals surface area contributed by atoms with E-state index in [9.17, 15) is 9.59 Å².